The molecule has 0 fully saturated rings. The molecule has 130 valence electrons. The van der Waals surface area contributed by atoms with E-state index in [1.807, 2.05) is 0 Å². The molecule has 0 unspecified atom stereocenters. The van der Waals surface area contributed by atoms with E-state index in [0.29, 0.717) is 0 Å². The Kier molecular flexibility index (Phi) is 3.27. The Hall–Kier alpha value is -3.64. The average Bonchev–Trinajstić information content (AvgIpc) is 2.99. The summed E-state index contributed by atoms with van der Waals surface area (Å²) >= 11 is 0. The summed E-state index contributed by atoms with van der Waals surface area (Å²) in [5.41, 5.74) is 13.1. The molecule has 0 saturated carbocycles. The lowest BCUT2D eigenvalue weighted by molar-refractivity contribution is 1.52. The van der Waals surface area contributed by atoms with E-state index in [9.17, 15) is 0 Å². The summed E-state index contributed by atoms with van der Waals surface area (Å²) in [6.45, 7) is 0. The summed E-state index contributed by atoms with van der Waals surface area (Å²) in [4.78, 5) is 0. The van der Waals surface area contributed by atoms with Crippen molar-refractivity contribution in [2.75, 3.05) is 0 Å². The number of rotatable bonds is 0. The fourth-order valence-corrected chi connectivity index (χ4v) is 4.62. The van der Waals surface area contributed by atoms with Crippen LogP contribution in [0.5, 0.6) is 0 Å². The van der Waals surface area contributed by atoms with Crippen molar-refractivity contribution >= 4 is 23.3 Å². The number of fused-ring (bicyclic) bond motifs is 5. The van der Waals surface area contributed by atoms with Gasteiger partial charge >= 0.3 is 0 Å². The summed E-state index contributed by atoms with van der Waals surface area (Å²) in [7, 11) is 0. The quantitative estimate of drug-likeness (QED) is 0.271. The lowest BCUT2D eigenvalue weighted by atomic mass is 9.86. The van der Waals surface area contributed by atoms with E-state index in [0.717, 1.165) is 0 Å². The van der Waals surface area contributed by atoms with Crippen molar-refractivity contribution in [1.82, 2.24) is 0 Å². The highest BCUT2D eigenvalue weighted by Gasteiger charge is 2.28. The van der Waals surface area contributed by atoms with Crippen molar-refractivity contribution in [2.45, 2.75) is 0 Å². The predicted octanol–water partition coefficient (Wildman–Crippen LogP) is 7.16. The van der Waals surface area contributed by atoms with Crippen LogP contribution in [0, 0.1) is 0 Å². The van der Waals surface area contributed by atoms with Crippen LogP contribution in [0.25, 0.3) is 34.4 Å². The smallest absolute Gasteiger partial charge is 0.00139 e. The highest BCUT2D eigenvalue weighted by molar-refractivity contribution is 6.15. The Morgan fingerprint density at radius 1 is 0.286 bits per heavy atom. The van der Waals surface area contributed by atoms with Crippen LogP contribution in [-0.2, 0) is 0 Å². The Bertz CT molecular complexity index is 1200. The minimum atomic E-state index is 1.27. The van der Waals surface area contributed by atoms with Crippen molar-refractivity contribution < 1.29 is 0 Å². The summed E-state index contributed by atoms with van der Waals surface area (Å²) in [6, 6.07) is 35.1. The molecule has 0 N–H and O–H groups in total. The first-order chi connectivity index (χ1) is 13.9. The van der Waals surface area contributed by atoms with Gasteiger partial charge in [-0.2, -0.15) is 0 Å². The number of hydrogen-bond donors (Lipinski definition) is 0. The Balaban J connectivity index is 1.83. The third kappa shape index (κ3) is 2.12. The molecular weight excluding hydrogens is 336 g/mol. The molecule has 2 aliphatic rings. The Labute approximate surface area is 165 Å². The third-order valence-electron chi connectivity index (χ3n) is 5.84. The summed E-state index contributed by atoms with van der Waals surface area (Å²) in [5, 5.41) is 0. The van der Waals surface area contributed by atoms with Gasteiger partial charge in [0.15, 0.2) is 0 Å². The topological polar surface area (TPSA) is 0 Å². The molecule has 0 heteroatoms. The molecule has 0 nitrogen and oxygen atoms in total. The van der Waals surface area contributed by atoms with Crippen molar-refractivity contribution in [3.05, 3.63) is 130 Å². The van der Waals surface area contributed by atoms with Crippen LogP contribution in [0.4, 0.5) is 0 Å². The van der Waals surface area contributed by atoms with E-state index < -0.39 is 0 Å². The van der Waals surface area contributed by atoms with E-state index in [1.165, 1.54) is 55.7 Å². The van der Waals surface area contributed by atoms with Crippen molar-refractivity contribution in [2.24, 2.45) is 0 Å². The molecule has 0 saturated heterocycles. The second-order valence-electron chi connectivity index (χ2n) is 7.35. The molecule has 0 spiro atoms. The number of benzene rings is 4. The minimum absolute atomic E-state index is 1.27. The predicted molar refractivity (Wildman–Crippen MR) is 119 cm³/mol. The molecule has 0 radical (unpaired) electrons. The standard InChI is InChI=1S/C28H18/c1-3-11-21-19(9-1)17-18-20-10-2-4-12-22(20)27(21)28-25-15-7-5-13-23(25)24-14-6-8-16-26(24)28/h1-18H. The van der Waals surface area contributed by atoms with Gasteiger partial charge in [-0.05, 0) is 55.7 Å². The largest absolute Gasteiger partial charge is 0.0616 e. The zero-order valence-electron chi connectivity index (χ0n) is 15.4. The van der Waals surface area contributed by atoms with Crippen molar-refractivity contribution in [3.63, 3.8) is 0 Å². The molecule has 0 bridgehead atoms. The molecule has 28 heavy (non-hydrogen) atoms. The molecule has 0 aliphatic heterocycles. The molecular formula is C28H18. The van der Waals surface area contributed by atoms with Gasteiger partial charge < -0.3 is 0 Å². The maximum absolute atomic E-state index is 2.27. The molecule has 2 aliphatic carbocycles. The zero-order chi connectivity index (χ0) is 18.5. The lowest BCUT2D eigenvalue weighted by Gasteiger charge is -2.17. The SMILES string of the molecule is C1=Cc2ccccc2C(=C2c3ccccc3-c3ccccc32)c2ccccc21. The normalized spacial score (nSPS) is 13.4. The highest BCUT2D eigenvalue weighted by atomic mass is 14.3. The third-order valence-corrected chi connectivity index (χ3v) is 5.84. The van der Waals surface area contributed by atoms with Gasteiger partial charge in [0.25, 0.3) is 0 Å². The van der Waals surface area contributed by atoms with E-state index in [-0.39, 0.29) is 0 Å². The van der Waals surface area contributed by atoms with Crippen LogP contribution in [0.15, 0.2) is 97.1 Å². The van der Waals surface area contributed by atoms with Crippen molar-refractivity contribution in [3.8, 4) is 11.1 Å². The van der Waals surface area contributed by atoms with Crippen LogP contribution in [0.3, 0.4) is 0 Å². The first-order valence-electron chi connectivity index (χ1n) is 9.72. The maximum atomic E-state index is 2.27. The van der Waals surface area contributed by atoms with Gasteiger partial charge in [0.1, 0.15) is 0 Å². The summed E-state index contributed by atoms with van der Waals surface area (Å²) in [6.07, 6.45) is 4.49. The second-order valence-corrected chi connectivity index (χ2v) is 7.35. The molecule has 6 rings (SSSR count). The lowest BCUT2D eigenvalue weighted by Crippen LogP contribution is -1.97. The van der Waals surface area contributed by atoms with Crippen LogP contribution in [0.1, 0.15) is 33.4 Å². The minimum Gasteiger partial charge on any atom is -0.0616 e. The van der Waals surface area contributed by atoms with Gasteiger partial charge in [0, 0.05) is 0 Å². The van der Waals surface area contributed by atoms with Crippen LogP contribution in [0.2, 0.25) is 0 Å². The van der Waals surface area contributed by atoms with Gasteiger partial charge in [0.05, 0.1) is 0 Å². The van der Waals surface area contributed by atoms with E-state index >= 15 is 0 Å². The van der Waals surface area contributed by atoms with E-state index in [1.54, 1.807) is 0 Å². The van der Waals surface area contributed by atoms with Gasteiger partial charge in [0.2, 0.25) is 0 Å². The monoisotopic (exact) mass is 354 g/mol. The Morgan fingerprint density at radius 2 is 0.607 bits per heavy atom. The fraction of sp³-hybridized carbons (Fsp3) is 0. The summed E-state index contributed by atoms with van der Waals surface area (Å²) in [5.74, 6) is 0. The average molecular weight is 354 g/mol. The molecule has 4 aromatic rings. The molecule has 0 heterocycles. The fourth-order valence-electron chi connectivity index (χ4n) is 4.62. The van der Waals surface area contributed by atoms with Gasteiger partial charge in [-0.1, -0.05) is 109 Å². The molecule has 4 aromatic carbocycles. The zero-order valence-corrected chi connectivity index (χ0v) is 15.4. The molecule has 0 atom stereocenters. The van der Waals surface area contributed by atoms with Crippen molar-refractivity contribution in [1.29, 1.82) is 0 Å². The molecule has 0 aromatic heterocycles. The number of hydrogen-bond acceptors (Lipinski definition) is 0. The van der Waals surface area contributed by atoms with Crippen LogP contribution < -0.4 is 0 Å². The highest BCUT2D eigenvalue weighted by Crippen LogP contribution is 2.50. The van der Waals surface area contributed by atoms with E-state index in [2.05, 4.69) is 109 Å². The first-order valence-corrected chi connectivity index (χ1v) is 9.72. The summed E-state index contributed by atoms with van der Waals surface area (Å²) < 4.78 is 0. The second kappa shape index (κ2) is 5.94. The van der Waals surface area contributed by atoms with E-state index in [4.69, 9.17) is 0 Å². The first kappa shape index (κ1) is 15.4. The van der Waals surface area contributed by atoms with Crippen LogP contribution >= 0.6 is 0 Å². The van der Waals surface area contributed by atoms with Gasteiger partial charge in [-0.3, -0.25) is 0 Å². The molecule has 0 amide bonds. The Morgan fingerprint density at radius 3 is 1.07 bits per heavy atom. The van der Waals surface area contributed by atoms with Crippen LogP contribution in [-0.4, -0.2) is 0 Å². The van der Waals surface area contributed by atoms with Gasteiger partial charge in [-0.15, -0.1) is 0 Å². The van der Waals surface area contributed by atoms with Gasteiger partial charge in [-0.25, -0.2) is 0 Å². The maximum Gasteiger partial charge on any atom is -0.00139 e.